The molecule has 0 fully saturated rings. The second-order valence-corrected chi connectivity index (χ2v) is 11.6. The van der Waals surface area contributed by atoms with E-state index in [1.165, 1.54) is 54.8 Å². The fourth-order valence-corrected chi connectivity index (χ4v) is 6.70. The molecule has 0 N–H and O–H groups in total. The minimum atomic E-state index is 1.13. The van der Waals surface area contributed by atoms with Gasteiger partial charge in [-0.15, -0.1) is 0 Å². The Bertz CT molecular complexity index is 2280. The predicted molar refractivity (Wildman–Crippen MR) is 188 cm³/mol. The van der Waals surface area contributed by atoms with Crippen molar-refractivity contribution in [3.63, 3.8) is 0 Å². The number of anilines is 3. The van der Waals surface area contributed by atoms with Crippen LogP contribution >= 0.6 is 0 Å². The monoisotopic (exact) mass is 564 g/mol. The molecule has 0 aliphatic carbocycles. The van der Waals surface area contributed by atoms with Gasteiger partial charge in [0.15, 0.2) is 0 Å². The lowest BCUT2D eigenvalue weighted by atomic mass is 9.94. The molecule has 0 spiro atoms. The summed E-state index contributed by atoms with van der Waals surface area (Å²) in [6, 6.07) is 57.1. The quantitative estimate of drug-likeness (QED) is 0.202. The number of aryl methyl sites for hydroxylation is 2. The number of fused-ring (bicyclic) bond motifs is 4. The highest BCUT2D eigenvalue weighted by Crippen LogP contribution is 2.44. The van der Waals surface area contributed by atoms with E-state index in [0.29, 0.717) is 0 Å². The molecule has 44 heavy (non-hydrogen) atoms. The molecule has 0 aliphatic rings. The smallest absolute Gasteiger partial charge is 0.0562 e. The zero-order valence-electron chi connectivity index (χ0n) is 24.9. The van der Waals surface area contributed by atoms with Gasteiger partial charge in [0.2, 0.25) is 0 Å². The van der Waals surface area contributed by atoms with Crippen LogP contribution in [-0.2, 0) is 0 Å². The van der Waals surface area contributed by atoms with Crippen molar-refractivity contribution in [1.29, 1.82) is 0 Å². The maximum Gasteiger partial charge on any atom is 0.0562 e. The summed E-state index contributed by atoms with van der Waals surface area (Å²) in [7, 11) is 0. The summed E-state index contributed by atoms with van der Waals surface area (Å²) in [5, 5.41) is 5.03. The summed E-state index contributed by atoms with van der Waals surface area (Å²) in [5.74, 6) is 0. The van der Waals surface area contributed by atoms with Gasteiger partial charge in [-0.3, -0.25) is 0 Å². The first kappa shape index (κ1) is 26.1. The van der Waals surface area contributed by atoms with E-state index in [9.17, 15) is 0 Å². The van der Waals surface area contributed by atoms with Crippen molar-refractivity contribution in [1.82, 2.24) is 4.57 Å². The molecule has 0 saturated carbocycles. The van der Waals surface area contributed by atoms with Crippen LogP contribution in [0, 0.1) is 13.8 Å². The number of para-hydroxylation sites is 2. The van der Waals surface area contributed by atoms with Crippen molar-refractivity contribution < 1.29 is 0 Å². The fourth-order valence-electron chi connectivity index (χ4n) is 6.70. The maximum atomic E-state index is 2.41. The van der Waals surface area contributed by atoms with Crippen LogP contribution in [-0.4, -0.2) is 4.57 Å². The van der Waals surface area contributed by atoms with Crippen LogP contribution in [0.2, 0.25) is 0 Å². The largest absolute Gasteiger partial charge is 0.310 e. The molecule has 0 saturated heterocycles. The van der Waals surface area contributed by atoms with Crippen LogP contribution in [0.3, 0.4) is 0 Å². The zero-order chi connectivity index (χ0) is 29.6. The Morgan fingerprint density at radius 1 is 0.477 bits per heavy atom. The van der Waals surface area contributed by atoms with Gasteiger partial charge >= 0.3 is 0 Å². The van der Waals surface area contributed by atoms with Gasteiger partial charge in [-0.2, -0.15) is 0 Å². The summed E-state index contributed by atoms with van der Waals surface area (Å²) in [4.78, 5) is 2.38. The molecule has 8 aromatic rings. The minimum absolute atomic E-state index is 1.13. The lowest BCUT2D eigenvalue weighted by Crippen LogP contribution is -2.10. The number of hydrogen-bond donors (Lipinski definition) is 0. The van der Waals surface area contributed by atoms with Gasteiger partial charge in [-0.25, -0.2) is 0 Å². The van der Waals surface area contributed by atoms with E-state index in [1.54, 1.807) is 0 Å². The maximum absolute atomic E-state index is 2.41. The Morgan fingerprint density at radius 2 is 1.14 bits per heavy atom. The SMILES string of the molecule is Cc1ccc(N(c2ccccc2)c2cccc3c2c2ccccc2n3-c2ccc(-c3c(C)ccc4ccccc34)cc2)cc1. The lowest BCUT2D eigenvalue weighted by Gasteiger charge is -2.26. The molecular weight excluding hydrogens is 532 g/mol. The topological polar surface area (TPSA) is 8.17 Å². The van der Waals surface area contributed by atoms with E-state index in [2.05, 4.69) is 181 Å². The van der Waals surface area contributed by atoms with Crippen molar-refractivity contribution in [2.45, 2.75) is 13.8 Å². The third kappa shape index (κ3) is 4.27. The van der Waals surface area contributed by atoms with Gasteiger partial charge in [0.25, 0.3) is 0 Å². The number of nitrogens with zero attached hydrogens (tertiary/aromatic N) is 2. The first-order valence-corrected chi connectivity index (χ1v) is 15.2. The van der Waals surface area contributed by atoms with E-state index in [-0.39, 0.29) is 0 Å². The number of benzene rings is 7. The predicted octanol–water partition coefficient (Wildman–Crippen LogP) is 11.7. The van der Waals surface area contributed by atoms with Crippen molar-refractivity contribution in [3.05, 3.63) is 169 Å². The van der Waals surface area contributed by atoms with Crippen molar-refractivity contribution >= 4 is 49.6 Å². The highest BCUT2D eigenvalue weighted by molar-refractivity contribution is 6.16. The van der Waals surface area contributed by atoms with Crippen molar-refractivity contribution in [3.8, 4) is 16.8 Å². The minimum Gasteiger partial charge on any atom is -0.310 e. The second kappa shape index (κ2) is 10.6. The highest BCUT2D eigenvalue weighted by Gasteiger charge is 2.20. The van der Waals surface area contributed by atoms with E-state index < -0.39 is 0 Å². The molecular formula is C42H32N2. The van der Waals surface area contributed by atoms with Crippen molar-refractivity contribution in [2.75, 3.05) is 4.90 Å². The van der Waals surface area contributed by atoms with Crippen molar-refractivity contribution in [2.24, 2.45) is 0 Å². The third-order valence-electron chi connectivity index (χ3n) is 8.77. The molecule has 0 amide bonds. The summed E-state index contributed by atoms with van der Waals surface area (Å²) < 4.78 is 2.41. The molecule has 1 aromatic heterocycles. The van der Waals surface area contributed by atoms with E-state index in [0.717, 1.165) is 22.7 Å². The summed E-state index contributed by atoms with van der Waals surface area (Å²) in [5.41, 5.74) is 12.0. The normalized spacial score (nSPS) is 11.4. The zero-order valence-corrected chi connectivity index (χ0v) is 24.9. The van der Waals surface area contributed by atoms with Crippen LogP contribution in [0.4, 0.5) is 17.1 Å². The highest BCUT2D eigenvalue weighted by atomic mass is 15.1. The number of rotatable bonds is 5. The molecule has 1 heterocycles. The summed E-state index contributed by atoms with van der Waals surface area (Å²) in [6.45, 7) is 4.34. The Labute approximate surface area is 258 Å². The summed E-state index contributed by atoms with van der Waals surface area (Å²) in [6.07, 6.45) is 0. The van der Waals surface area contributed by atoms with E-state index in [1.807, 2.05) is 0 Å². The van der Waals surface area contributed by atoms with Gasteiger partial charge in [0.1, 0.15) is 0 Å². The van der Waals surface area contributed by atoms with Crippen LogP contribution in [0.5, 0.6) is 0 Å². The lowest BCUT2D eigenvalue weighted by molar-refractivity contribution is 1.18. The second-order valence-electron chi connectivity index (χ2n) is 11.6. The molecule has 0 atom stereocenters. The first-order valence-electron chi connectivity index (χ1n) is 15.2. The average Bonchev–Trinajstić information content (AvgIpc) is 3.41. The molecule has 8 rings (SSSR count). The van der Waals surface area contributed by atoms with Crippen LogP contribution in [0.25, 0.3) is 49.4 Å². The van der Waals surface area contributed by atoms with Gasteiger partial charge in [0, 0.05) is 27.8 Å². The number of hydrogen-bond acceptors (Lipinski definition) is 1. The molecule has 0 aliphatic heterocycles. The summed E-state index contributed by atoms with van der Waals surface area (Å²) >= 11 is 0. The molecule has 210 valence electrons. The Balaban J connectivity index is 1.34. The molecule has 7 aromatic carbocycles. The van der Waals surface area contributed by atoms with E-state index >= 15 is 0 Å². The average molecular weight is 565 g/mol. The molecule has 2 nitrogen and oxygen atoms in total. The Morgan fingerprint density at radius 3 is 1.93 bits per heavy atom. The van der Waals surface area contributed by atoms with Crippen LogP contribution in [0.15, 0.2) is 158 Å². The van der Waals surface area contributed by atoms with Crippen LogP contribution < -0.4 is 4.90 Å². The fraction of sp³-hybridized carbons (Fsp3) is 0.0476. The third-order valence-corrected chi connectivity index (χ3v) is 8.77. The molecule has 0 radical (unpaired) electrons. The van der Waals surface area contributed by atoms with Gasteiger partial charge in [-0.1, -0.05) is 109 Å². The van der Waals surface area contributed by atoms with E-state index in [4.69, 9.17) is 0 Å². The van der Waals surface area contributed by atoms with Gasteiger partial charge < -0.3 is 9.47 Å². The molecule has 0 unspecified atom stereocenters. The molecule has 2 heteroatoms. The Hall–Kier alpha value is -5.60. The molecule has 0 bridgehead atoms. The Kier molecular flexibility index (Phi) is 6.27. The number of aromatic nitrogens is 1. The van der Waals surface area contributed by atoms with Crippen LogP contribution in [0.1, 0.15) is 11.1 Å². The van der Waals surface area contributed by atoms with Gasteiger partial charge in [-0.05, 0) is 95.9 Å². The standard InChI is InChI=1S/C42H32N2/c1-29-19-25-34(26-20-29)43(33-12-4-3-5-13-33)39-17-10-18-40-42(39)37-15-8-9-16-38(37)44(40)35-27-23-32(24-28-35)41-30(2)21-22-31-11-6-7-14-36(31)41/h3-28H,1-2H3. The first-order chi connectivity index (χ1) is 21.7. The van der Waals surface area contributed by atoms with Gasteiger partial charge in [0.05, 0.1) is 16.7 Å².